The summed E-state index contributed by atoms with van der Waals surface area (Å²) in [5.41, 5.74) is 0. The Balaban J connectivity index is 0.00000108. The quantitative estimate of drug-likeness (QED) is 0.908. The van der Waals surface area contributed by atoms with Gasteiger partial charge in [0.2, 0.25) is 0 Å². The molecule has 2 fully saturated rings. The van der Waals surface area contributed by atoms with Crippen molar-refractivity contribution in [3.8, 4) is 0 Å². The third-order valence-corrected chi connectivity index (χ3v) is 4.59. The van der Waals surface area contributed by atoms with Gasteiger partial charge in [0, 0.05) is 25.2 Å². The van der Waals surface area contributed by atoms with Gasteiger partial charge in [0.25, 0.3) is 0 Å². The molecule has 3 heterocycles. The third kappa shape index (κ3) is 3.32. The van der Waals surface area contributed by atoms with Crippen LogP contribution < -0.4 is 5.32 Å². The standard InChI is InChI=1S/C11H16ClN3S.ClH/c12-10-5-13-11(16-10)7-15-4-3-8-1-2-9(6-15)14-8;/h5,8-9,14H,1-4,6-7H2;1H. The number of nitrogens with zero attached hydrogens (tertiary/aromatic N) is 2. The van der Waals surface area contributed by atoms with Crippen molar-refractivity contribution in [1.29, 1.82) is 0 Å². The predicted octanol–water partition coefficient (Wildman–Crippen LogP) is 2.54. The van der Waals surface area contributed by atoms with Crippen LogP contribution in [0.4, 0.5) is 0 Å². The topological polar surface area (TPSA) is 28.2 Å². The van der Waals surface area contributed by atoms with E-state index in [9.17, 15) is 0 Å². The molecule has 2 aliphatic heterocycles. The molecule has 0 aromatic carbocycles. The summed E-state index contributed by atoms with van der Waals surface area (Å²) in [5.74, 6) is 0. The highest BCUT2D eigenvalue weighted by Crippen LogP contribution is 2.24. The summed E-state index contributed by atoms with van der Waals surface area (Å²) >= 11 is 7.50. The van der Waals surface area contributed by atoms with Crippen LogP contribution in [-0.2, 0) is 6.54 Å². The highest BCUT2D eigenvalue weighted by atomic mass is 35.5. The van der Waals surface area contributed by atoms with Crippen LogP contribution in [0.2, 0.25) is 4.34 Å². The van der Waals surface area contributed by atoms with Gasteiger partial charge in [-0.15, -0.1) is 23.7 Å². The van der Waals surface area contributed by atoms with E-state index in [-0.39, 0.29) is 12.4 Å². The molecule has 3 nitrogen and oxygen atoms in total. The first-order valence-electron chi connectivity index (χ1n) is 5.88. The van der Waals surface area contributed by atoms with Crippen molar-refractivity contribution in [1.82, 2.24) is 15.2 Å². The lowest BCUT2D eigenvalue weighted by Crippen LogP contribution is -2.34. The van der Waals surface area contributed by atoms with E-state index >= 15 is 0 Å². The van der Waals surface area contributed by atoms with Gasteiger partial charge in [0.05, 0.1) is 12.7 Å². The Bertz CT molecular complexity index is 371. The van der Waals surface area contributed by atoms with Gasteiger partial charge in [-0.1, -0.05) is 11.6 Å². The number of rotatable bonds is 2. The number of halogens is 2. The molecule has 2 atom stereocenters. The number of likely N-dealkylation sites (tertiary alicyclic amines) is 1. The molecule has 0 saturated carbocycles. The third-order valence-electron chi connectivity index (χ3n) is 3.49. The van der Waals surface area contributed by atoms with Crippen molar-refractivity contribution in [2.24, 2.45) is 0 Å². The Morgan fingerprint density at radius 1 is 1.41 bits per heavy atom. The molecule has 1 N–H and O–H groups in total. The summed E-state index contributed by atoms with van der Waals surface area (Å²) in [6.45, 7) is 3.31. The zero-order valence-electron chi connectivity index (χ0n) is 9.56. The fourth-order valence-electron chi connectivity index (χ4n) is 2.71. The molecule has 1 aromatic heterocycles. The summed E-state index contributed by atoms with van der Waals surface area (Å²) in [5, 5.41) is 4.83. The molecular formula is C11H17Cl2N3S. The number of thiazole rings is 1. The molecule has 2 unspecified atom stereocenters. The molecule has 17 heavy (non-hydrogen) atoms. The van der Waals surface area contributed by atoms with E-state index in [0.29, 0.717) is 6.04 Å². The van der Waals surface area contributed by atoms with Crippen LogP contribution in [0.3, 0.4) is 0 Å². The Morgan fingerprint density at radius 2 is 2.24 bits per heavy atom. The lowest BCUT2D eigenvalue weighted by molar-refractivity contribution is 0.250. The van der Waals surface area contributed by atoms with E-state index in [1.165, 1.54) is 25.8 Å². The van der Waals surface area contributed by atoms with E-state index < -0.39 is 0 Å². The fourth-order valence-corrected chi connectivity index (χ4v) is 3.71. The molecule has 0 spiro atoms. The lowest BCUT2D eigenvalue weighted by Gasteiger charge is -2.22. The zero-order valence-corrected chi connectivity index (χ0v) is 12.0. The lowest BCUT2D eigenvalue weighted by atomic mass is 10.1. The smallest absolute Gasteiger partial charge is 0.113 e. The van der Waals surface area contributed by atoms with Crippen LogP contribution in [0.5, 0.6) is 0 Å². The maximum absolute atomic E-state index is 5.90. The number of fused-ring (bicyclic) bond motifs is 2. The molecule has 3 rings (SSSR count). The van der Waals surface area contributed by atoms with Gasteiger partial charge in [-0.2, -0.15) is 0 Å². The maximum atomic E-state index is 5.90. The second-order valence-electron chi connectivity index (χ2n) is 4.72. The molecular weight excluding hydrogens is 277 g/mol. The minimum Gasteiger partial charge on any atom is -0.310 e. The average molecular weight is 294 g/mol. The van der Waals surface area contributed by atoms with Crippen LogP contribution in [0, 0.1) is 0 Å². The Labute approximate surface area is 117 Å². The molecule has 0 aliphatic carbocycles. The van der Waals surface area contributed by atoms with Crippen molar-refractivity contribution in [3.05, 3.63) is 15.5 Å². The second kappa shape index (κ2) is 5.85. The van der Waals surface area contributed by atoms with E-state index in [4.69, 9.17) is 11.6 Å². The van der Waals surface area contributed by atoms with Crippen LogP contribution in [0.15, 0.2) is 6.20 Å². The summed E-state index contributed by atoms with van der Waals surface area (Å²) in [6.07, 6.45) is 5.72. The first kappa shape index (κ1) is 13.6. The van der Waals surface area contributed by atoms with Gasteiger partial charge in [-0.05, 0) is 19.3 Å². The van der Waals surface area contributed by atoms with Crippen molar-refractivity contribution in [3.63, 3.8) is 0 Å². The minimum absolute atomic E-state index is 0. The van der Waals surface area contributed by atoms with Gasteiger partial charge in [-0.25, -0.2) is 4.98 Å². The number of aromatic nitrogens is 1. The Hall–Kier alpha value is 0.130. The Morgan fingerprint density at radius 3 is 3.00 bits per heavy atom. The van der Waals surface area contributed by atoms with E-state index in [1.807, 2.05) is 0 Å². The molecule has 2 saturated heterocycles. The molecule has 96 valence electrons. The molecule has 2 aliphatic rings. The summed E-state index contributed by atoms with van der Waals surface area (Å²) in [7, 11) is 0. The Kier molecular flexibility index (Phi) is 4.66. The number of hydrogen-bond donors (Lipinski definition) is 1. The van der Waals surface area contributed by atoms with Crippen LogP contribution in [0.1, 0.15) is 24.3 Å². The summed E-state index contributed by atoms with van der Waals surface area (Å²) in [4.78, 5) is 6.83. The van der Waals surface area contributed by atoms with E-state index in [1.54, 1.807) is 17.5 Å². The van der Waals surface area contributed by atoms with Gasteiger partial charge < -0.3 is 5.32 Å². The molecule has 0 radical (unpaired) electrons. The molecule has 2 bridgehead atoms. The number of nitrogens with one attached hydrogen (secondary N) is 1. The predicted molar refractivity (Wildman–Crippen MR) is 74.2 cm³/mol. The van der Waals surface area contributed by atoms with Gasteiger partial charge in [0.1, 0.15) is 9.34 Å². The van der Waals surface area contributed by atoms with Gasteiger partial charge in [0.15, 0.2) is 0 Å². The first-order chi connectivity index (χ1) is 7.79. The van der Waals surface area contributed by atoms with Crippen LogP contribution in [0.25, 0.3) is 0 Å². The van der Waals surface area contributed by atoms with E-state index in [2.05, 4.69) is 15.2 Å². The minimum atomic E-state index is 0. The first-order valence-corrected chi connectivity index (χ1v) is 7.07. The normalized spacial score (nSPS) is 28.8. The SMILES string of the molecule is Cl.Clc1cnc(CN2CCC3CCC(C2)N3)s1. The van der Waals surface area contributed by atoms with Crippen molar-refractivity contribution < 1.29 is 0 Å². The average Bonchev–Trinajstić information content (AvgIpc) is 2.77. The van der Waals surface area contributed by atoms with Crippen molar-refractivity contribution in [2.45, 2.75) is 37.9 Å². The summed E-state index contributed by atoms with van der Waals surface area (Å²) < 4.78 is 0.796. The monoisotopic (exact) mass is 293 g/mol. The maximum Gasteiger partial charge on any atom is 0.113 e. The van der Waals surface area contributed by atoms with Gasteiger partial charge >= 0.3 is 0 Å². The highest BCUT2D eigenvalue weighted by molar-refractivity contribution is 7.15. The highest BCUT2D eigenvalue weighted by Gasteiger charge is 2.29. The molecule has 0 amide bonds. The number of hydrogen-bond acceptors (Lipinski definition) is 4. The van der Waals surface area contributed by atoms with E-state index in [0.717, 1.165) is 28.5 Å². The summed E-state index contributed by atoms with van der Waals surface area (Å²) in [6, 6.07) is 1.46. The van der Waals surface area contributed by atoms with Gasteiger partial charge in [-0.3, -0.25) is 4.90 Å². The molecule has 6 heteroatoms. The van der Waals surface area contributed by atoms with Crippen LogP contribution >= 0.6 is 35.3 Å². The van der Waals surface area contributed by atoms with Crippen LogP contribution in [-0.4, -0.2) is 35.1 Å². The second-order valence-corrected chi connectivity index (χ2v) is 6.47. The fraction of sp³-hybridized carbons (Fsp3) is 0.727. The molecule has 1 aromatic rings. The van der Waals surface area contributed by atoms with Crippen molar-refractivity contribution >= 4 is 35.3 Å². The zero-order chi connectivity index (χ0) is 11.0. The van der Waals surface area contributed by atoms with Crippen molar-refractivity contribution in [2.75, 3.05) is 13.1 Å². The largest absolute Gasteiger partial charge is 0.310 e.